The molecule has 0 radical (unpaired) electrons. The molecule has 0 spiro atoms. The average Bonchev–Trinajstić information content (AvgIpc) is 2.62. The molecule has 1 aliphatic carbocycles. The Balaban J connectivity index is 0.00000191. The molecule has 0 saturated heterocycles. The van der Waals surface area contributed by atoms with Gasteiger partial charge in [0.05, 0.1) is 0 Å². The molecule has 0 fully saturated rings. The molecule has 0 aromatic rings. The van der Waals surface area contributed by atoms with Gasteiger partial charge < -0.3 is 0 Å². The van der Waals surface area contributed by atoms with Gasteiger partial charge in [-0.15, -0.1) is 0 Å². The van der Waals surface area contributed by atoms with Crippen LogP contribution >= 0.6 is 30.5 Å². The molecule has 3 unspecified atom stereocenters. The van der Waals surface area contributed by atoms with Gasteiger partial charge in [0.25, 0.3) is 0 Å². The predicted octanol–water partition coefficient (Wildman–Crippen LogP) is 5.94. The zero-order valence-corrected chi connectivity index (χ0v) is 15.8. The first-order valence-corrected chi connectivity index (χ1v) is 8.73. The summed E-state index contributed by atoms with van der Waals surface area (Å²) in [6.07, 6.45) is 7.74. The fraction of sp³-hybridized carbons (Fsp3) is 0.571. The van der Waals surface area contributed by atoms with E-state index in [0.29, 0.717) is 10.8 Å². The lowest BCUT2D eigenvalue weighted by atomic mass is 10.1. The van der Waals surface area contributed by atoms with E-state index >= 15 is 0 Å². The van der Waals surface area contributed by atoms with Crippen LogP contribution in [0.1, 0.15) is 33.6 Å². The van der Waals surface area contributed by atoms with Crippen molar-refractivity contribution in [3.63, 3.8) is 0 Å². The first-order chi connectivity index (χ1) is 9.81. The third-order valence-electron chi connectivity index (χ3n) is 2.55. The van der Waals surface area contributed by atoms with E-state index in [1.807, 2.05) is 19.9 Å². The van der Waals surface area contributed by atoms with Crippen molar-refractivity contribution in [1.82, 2.24) is 4.44 Å². The molecule has 1 nitrogen and oxygen atoms in total. The topological polar surface area (TPSA) is 3.24 Å². The van der Waals surface area contributed by atoms with Crippen molar-refractivity contribution < 1.29 is 13.2 Å². The molecule has 1 rings (SSSR count). The summed E-state index contributed by atoms with van der Waals surface area (Å²) in [5.41, 5.74) is 0. The van der Waals surface area contributed by atoms with Crippen LogP contribution in [0.25, 0.3) is 0 Å². The maximum atomic E-state index is 13.7. The standard InChI is InChI=1S/C12H18F3NP2S.C2H6/c1-9-3-2-4-10(6-5-9)19-12(14,15)11(13)7-8-16(17)18;1-2/h2,4,6-7,9H,3,5,8,17-18H2,1H3;1-2H3/b11-7-;. The van der Waals surface area contributed by atoms with Crippen LogP contribution in [-0.2, 0) is 0 Å². The second kappa shape index (κ2) is 10.8. The molecule has 1 aliphatic rings. The Morgan fingerprint density at radius 3 is 2.62 bits per heavy atom. The van der Waals surface area contributed by atoms with Crippen molar-refractivity contribution in [2.45, 2.75) is 38.9 Å². The Labute approximate surface area is 135 Å². The number of thioether (sulfide) groups is 1. The van der Waals surface area contributed by atoms with E-state index in [1.165, 1.54) is 4.44 Å². The van der Waals surface area contributed by atoms with Gasteiger partial charge in [-0.2, -0.15) is 8.78 Å². The summed E-state index contributed by atoms with van der Waals surface area (Å²) in [5, 5.41) is -3.52. The number of alkyl halides is 2. The third kappa shape index (κ3) is 9.03. The molecule has 0 aliphatic heterocycles. The minimum Gasteiger partial charge on any atom is -0.268 e. The summed E-state index contributed by atoms with van der Waals surface area (Å²) in [6, 6.07) is 0. The quantitative estimate of drug-likeness (QED) is 0.560. The molecule has 7 heteroatoms. The normalized spacial score (nSPS) is 19.8. The maximum absolute atomic E-state index is 13.7. The number of nitrogens with zero attached hydrogens (tertiary/aromatic N) is 1. The van der Waals surface area contributed by atoms with Crippen molar-refractivity contribution in [3.8, 4) is 0 Å². The van der Waals surface area contributed by atoms with E-state index in [9.17, 15) is 13.2 Å². The second-order valence-electron chi connectivity index (χ2n) is 4.45. The van der Waals surface area contributed by atoms with E-state index in [-0.39, 0.29) is 18.3 Å². The zero-order chi connectivity index (χ0) is 16.5. The molecule has 0 aromatic heterocycles. The van der Waals surface area contributed by atoms with Crippen molar-refractivity contribution >= 4 is 30.5 Å². The summed E-state index contributed by atoms with van der Waals surface area (Å²) >= 11 is 0.264. The molecule has 0 saturated carbocycles. The first-order valence-electron chi connectivity index (χ1n) is 6.88. The van der Waals surface area contributed by atoms with Crippen LogP contribution in [0.5, 0.6) is 0 Å². The molecule has 0 aromatic carbocycles. The minimum atomic E-state index is -3.52. The van der Waals surface area contributed by atoms with Gasteiger partial charge in [-0.05, 0) is 36.6 Å². The van der Waals surface area contributed by atoms with Crippen LogP contribution in [0.3, 0.4) is 0 Å². The molecule has 0 N–H and O–H groups in total. The lowest BCUT2D eigenvalue weighted by Gasteiger charge is -2.15. The van der Waals surface area contributed by atoms with Crippen LogP contribution in [0.15, 0.2) is 35.0 Å². The van der Waals surface area contributed by atoms with Crippen molar-refractivity contribution in [2.75, 3.05) is 6.54 Å². The average molecular weight is 357 g/mol. The highest BCUT2D eigenvalue weighted by molar-refractivity contribution is 8.04. The highest BCUT2D eigenvalue weighted by Crippen LogP contribution is 2.43. The van der Waals surface area contributed by atoms with Crippen molar-refractivity contribution in [3.05, 3.63) is 35.0 Å². The number of halogens is 3. The molecule has 3 atom stereocenters. The number of hydrogen-bond acceptors (Lipinski definition) is 2. The van der Waals surface area contributed by atoms with Gasteiger partial charge in [-0.25, -0.2) is 4.39 Å². The summed E-state index contributed by atoms with van der Waals surface area (Å²) in [4.78, 5) is 0.423. The highest BCUT2D eigenvalue weighted by atomic mass is 32.2. The predicted molar refractivity (Wildman–Crippen MR) is 94.8 cm³/mol. The minimum absolute atomic E-state index is 0.0865. The summed E-state index contributed by atoms with van der Waals surface area (Å²) in [6.45, 7) is 6.14. The van der Waals surface area contributed by atoms with E-state index < -0.39 is 11.1 Å². The molecule has 122 valence electrons. The molecule has 0 bridgehead atoms. The molecule has 21 heavy (non-hydrogen) atoms. The van der Waals surface area contributed by atoms with Gasteiger partial charge in [0, 0.05) is 11.4 Å². The van der Waals surface area contributed by atoms with E-state index in [2.05, 4.69) is 25.7 Å². The van der Waals surface area contributed by atoms with Crippen LogP contribution in [0.4, 0.5) is 13.2 Å². The Hall–Kier alpha value is 0.180. The van der Waals surface area contributed by atoms with E-state index in [4.69, 9.17) is 0 Å². The van der Waals surface area contributed by atoms with Crippen molar-refractivity contribution in [1.29, 1.82) is 0 Å². The van der Waals surface area contributed by atoms with Gasteiger partial charge in [-0.1, -0.05) is 57.8 Å². The van der Waals surface area contributed by atoms with Gasteiger partial charge in [0.2, 0.25) is 0 Å². The van der Waals surface area contributed by atoms with Gasteiger partial charge in [0.1, 0.15) is 0 Å². The lowest BCUT2D eigenvalue weighted by Crippen LogP contribution is -2.13. The Bertz CT molecular complexity index is 396. The Kier molecular flexibility index (Phi) is 10.9. The molecule has 0 amide bonds. The summed E-state index contributed by atoms with van der Waals surface area (Å²) in [5.74, 6) is -0.967. The maximum Gasteiger partial charge on any atom is 0.348 e. The Morgan fingerprint density at radius 1 is 1.43 bits per heavy atom. The third-order valence-corrected chi connectivity index (χ3v) is 3.96. The second-order valence-corrected chi connectivity index (χ2v) is 7.56. The fourth-order valence-corrected chi connectivity index (χ4v) is 2.51. The molecular formula is C14H24F3NP2S. The van der Waals surface area contributed by atoms with Crippen LogP contribution in [-0.4, -0.2) is 16.2 Å². The van der Waals surface area contributed by atoms with Gasteiger partial charge in [-0.3, -0.25) is 4.44 Å². The number of hydrogen-bond donors (Lipinski definition) is 0. The zero-order valence-electron chi connectivity index (χ0n) is 12.7. The van der Waals surface area contributed by atoms with E-state index in [1.54, 1.807) is 12.2 Å². The summed E-state index contributed by atoms with van der Waals surface area (Å²) in [7, 11) is 4.51. The number of rotatable bonds is 5. The SMILES string of the molecule is CC.CC1CC=CC(SC(F)(F)/C(F)=C/CN(P)P)=CC1. The van der Waals surface area contributed by atoms with Gasteiger partial charge in [0.15, 0.2) is 5.83 Å². The largest absolute Gasteiger partial charge is 0.348 e. The van der Waals surface area contributed by atoms with Crippen LogP contribution in [0.2, 0.25) is 0 Å². The number of allylic oxidation sites excluding steroid dienone is 3. The van der Waals surface area contributed by atoms with Crippen LogP contribution in [0, 0.1) is 5.92 Å². The Morgan fingerprint density at radius 2 is 2.05 bits per heavy atom. The van der Waals surface area contributed by atoms with Crippen LogP contribution < -0.4 is 0 Å². The lowest BCUT2D eigenvalue weighted by molar-refractivity contribution is 0.119. The van der Waals surface area contributed by atoms with Crippen molar-refractivity contribution in [2.24, 2.45) is 5.92 Å². The highest BCUT2D eigenvalue weighted by Gasteiger charge is 2.36. The van der Waals surface area contributed by atoms with E-state index in [0.717, 1.165) is 18.9 Å². The van der Waals surface area contributed by atoms with Gasteiger partial charge >= 0.3 is 5.25 Å². The monoisotopic (exact) mass is 357 g/mol. The smallest absolute Gasteiger partial charge is 0.268 e. The summed E-state index contributed by atoms with van der Waals surface area (Å²) < 4.78 is 42.3. The first kappa shape index (κ1) is 21.2. The fourth-order valence-electron chi connectivity index (χ4n) is 1.47. The molecular weight excluding hydrogens is 333 g/mol. The molecule has 0 heterocycles.